The van der Waals surface area contributed by atoms with E-state index in [1.165, 1.54) is 11.1 Å². The monoisotopic (exact) mass is 382 g/mol. The minimum absolute atomic E-state index is 0.00779. The highest BCUT2D eigenvalue weighted by atomic mass is 16.5. The number of fused-ring (bicyclic) bond motifs is 1. The van der Waals surface area contributed by atoms with Crippen molar-refractivity contribution in [3.63, 3.8) is 0 Å². The fourth-order valence-corrected chi connectivity index (χ4v) is 5.66. The van der Waals surface area contributed by atoms with Crippen molar-refractivity contribution < 1.29 is 19.1 Å². The van der Waals surface area contributed by atoms with Gasteiger partial charge in [0.2, 0.25) is 0 Å². The second kappa shape index (κ2) is 6.47. The third-order valence-electron chi connectivity index (χ3n) is 7.09. The van der Waals surface area contributed by atoms with Gasteiger partial charge in [-0.1, -0.05) is 32.0 Å². The number of anilines is 1. The lowest BCUT2D eigenvalue weighted by molar-refractivity contribution is -0.137. The SMILES string of the molecule is CCOC(=O)/C=C/C(=O)N1[C@@H]2C[C@H]3CC[C@]2(C(=O)N1c1ccccc1)C3(C)C. The summed E-state index contributed by atoms with van der Waals surface area (Å²) in [6.45, 7) is 6.28. The zero-order valence-corrected chi connectivity index (χ0v) is 16.6. The number of nitrogens with zero attached hydrogens (tertiary/aromatic N) is 2. The maximum atomic E-state index is 13.8. The topological polar surface area (TPSA) is 66.9 Å². The van der Waals surface area contributed by atoms with Crippen LogP contribution in [0.2, 0.25) is 0 Å². The van der Waals surface area contributed by atoms with E-state index >= 15 is 0 Å². The largest absolute Gasteiger partial charge is 0.463 e. The molecule has 2 amide bonds. The van der Waals surface area contributed by atoms with Gasteiger partial charge in [0, 0.05) is 12.2 Å². The van der Waals surface area contributed by atoms with Gasteiger partial charge in [0.05, 0.1) is 23.8 Å². The quantitative estimate of drug-likeness (QED) is 0.593. The van der Waals surface area contributed by atoms with Gasteiger partial charge in [-0.2, -0.15) is 0 Å². The Morgan fingerprint density at radius 2 is 1.93 bits per heavy atom. The van der Waals surface area contributed by atoms with Gasteiger partial charge in [0.1, 0.15) is 0 Å². The van der Waals surface area contributed by atoms with Crippen molar-refractivity contribution >= 4 is 23.5 Å². The van der Waals surface area contributed by atoms with Gasteiger partial charge in [0.25, 0.3) is 11.8 Å². The van der Waals surface area contributed by atoms with E-state index in [4.69, 9.17) is 4.74 Å². The number of ether oxygens (including phenoxy) is 1. The number of para-hydroxylation sites is 1. The van der Waals surface area contributed by atoms with Crippen LogP contribution in [0.15, 0.2) is 42.5 Å². The summed E-state index contributed by atoms with van der Waals surface area (Å²) in [7, 11) is 0. The number of hydrazine groups is 1. The van der Waals surface area contributed by atoms with Gasteiger partial charge in [0.15, 0.2) is 0 Å². The summed E-state index contributed by atoms with van der Waals surface area (Å²) in [5.74, 6) is -0.513. The zero-order valence-electron chi connectivity index (χ0n) is 16.6. The standard InChI is InChI=1S/C22H26N2O4/c1-4-28-19(26)11-10-18(25)24-17-14-15-12-13-22(17,21(15,2)3)20(27)23(24)16-8-6-5-7-9-16/h5-11,15,17H,4,12-14H2,1-3H3/b11-10+/t15-,17-,22+/m1/s1. The minimum Gasteiger partial charge on any atom is -0.463 e. The second-order valence-electron chi connectivity index (χ2n) is 8.40. The van der Waals surface area contributed by atoms with E-state index in [0.29, 0.717) is 11.6 Å². The van der Waals surface area contributed by atoms with Crippen LogP contribution < -0.4 is 5.01 Å². The van der Waals surface area contributed by atoms with Gasteiger partial charge in [-0.3, -0.25) is 9.59 Å². The van der Waals surface area contributed by atoms with Crippen LogP contribution in [-0.4, -0.2) is 35.4 Å². The van der Waals surface area contributed by atoms with Crippen LogP contribution in [0.4, 0.5) is 5.69 Å². The first-order chi connectivity index (χ1) is 13.3. The predicted octanol–water partition coefficient (Wildman–Crippen LogP) is 3.09. The Morgan fingerprint density at radius 3 is 2.57 bits per heavy atom. The van der Waals surface area contributed by atoms with Crippen molar-refractivity contribution in [1.82, 2.24) is 5.01 Å². The van der Waals surface area contributed by atoms with E-state index in [1.54, 1.807) is 11.9 Å². The molecule has 1 saturated heterocycles. The Bertz CT molecular complexity index is 847. The number of carbonyl (C=O) groups is 3. The first-order valence-corrected chi connectivity index (χ1v) is 9.92. The first-order valence-electron chi connectivity index (χ1n) is 9.92. The summed E-state index contributed by atoms with van der Waals surface area (Å²) in [4.78, 5) is 38.6. The van der Waals surface area contributed by atoms with Gasteiger partial charge in [-0.25, -0.2) is 14.8 Å². The molecule has 2 aliphatic carbocycles. The van der Waals surface area contributed by atoms with Gasteiger partial charge in [-0.05, 0) is 49.7 Å². The van der Waals surface area contributed by atoms with Crippen LogP contribution in [0, 0.1) is 16.7 Å². The Labute approximate surface area is 165 Å². The number of hydrogen-bond acceptors (Lipinski definition) is 4. The lowest BCUT2D eigenvalue weighted by atomic mass is 9.67. The fourth-order valence-electron chi connectivity index (χ4n) is 5.66. The van der Waals surface area contributed by atoms with Crippen molar-refractivity contribution in [3.05, 3.63) is 42.5 Å². The van der Waals surface area contributed by atoms with E-state index in [2.05, 4.69) is 13.8 Å². The summed E-state index contributed by atoms with van der Waals surface area (Å²) in [5.41, 5.74) is -0.0591. The maximum absolute atomic E-state index is 13.8. The molecule has 1 aromatic carbocycles. The number of rotatable bonds is 4. The molecule has 0 unspecified atom stereocenters. The summed E-state index contributed by atoms with van der Waals surface area (Å²) >= 11 is 0. The molecule has 2 saturated carbocycles. The molecule has 0 radical (unpaired) electrons. The van der Waals surface area contributed by atoms with E-state index in [1.807, 2.05) is 30.3 Å². The molecular formula is C22H26N2O4. The van der Waals surface area contributed by atoms with Crippen LogP contribution in [0.1, 0.15) is 40.0 Å². The van der Waals surface area contributed by atoms with E-state index < -0.39 is 11.4 Å². The van der Waals surface area contributed by atoms with Gasteiger partial charge in [-0.15, -0.1) is 0 Å². The highest BCUT2D eigenvalue weighted by molar-refractivity contribution is 6.07. The summed E-state index contributed by atoms with van der Waals surface area (Å²) < 4.78 is 4.88. The Balaban J connectivity index is 1.75. The second-order valence-corrected chi connectivity index (χ2v) is 8.40. The number of benzene rings is 1. The molecule has 0 aromatic heterocycles. The summed E-state index contributed by atoms with van der Waals surface area (Å²) in [5, 5.41) is 3.11. The first kappa shape index (κ1) is 18.7. The Kier molecular flexibility index (Phi) is 4.32. The minimum atomic E-state index is -0.569. The lowest BCUT2D eigenvalue weighted by Crippen LogP contribution is -2.46. The molecule has 3 fully saturated rings. The third-order valence-corrected chi connectivity index (χ3v) is 7.09. The molecule has 2 bridgehead atoms. The van der Waals surface area contributed by atoms with Crippen LogP contribution in [-0.2, 0) is 19.1 Å². The predicted molar refractivity (Wildman–Crippen MR) is 104 cm³/mol. The molecule has 1 heterocycles. The number of carbonyl (C=O) groups excluding carboxylic acids is 3. The van der Waals surface area contributed by atoms with Crippen molar-refractivity contribution in [1.29, 1.82) is 0 Å². The molecule has 148 valence electrons. The van der Waals surface area contributed by atoms with Crippen LogP contribution >= 0.6 is 0 Å². The number of esters is 1. The lowest BCUT2D eigenvalue weighted by Gasteiger charge is -2.34. The van der Waals surface area contributed by atoms with Crippen LogP contribution in [0.5, 0.6) is 0 Å². The molecule has 1 aliphatic heterocycles. The molecule has 28 heavy (non-hydrogen) atoms. The maximum Gasteiger partial charge on any atom is 0.330 e. The van der Waals surface area contributed by atoms with Crippen LogP contribution in [0.25, 0.3) is 0 Å². The Hall–Kier alpha value is -2.63. The average Bonchev–Trinajstić information content (AvgIpc) is 3.20. The molecule has 6 heteroatoms. The molecule has 4 rings (SSSR count). The smallest absolute Gasteiger partial charge is 0.330 e. The molecular weight excluding hydrogens is 356 g/mol. The Morgan fingerprint density at radius 1 is 1.21 bits per heavy atom. The van der Waals surface area contributed by atoms with E-state index in [9.17, 15) is 14.4 Å². The van der Waals surface area contributed by atoms with Crippen molar-refractivity contribution in [2.75, 3.05) is 11.6 Å². The zero-order chi connectivity index (χ0) is 20.1. The molecule has 6 nitrogen and oxygen atoms in total. The molecule has 3 atom stereocenters. The average molecular weight is 382 g/mol. The summed E-state index contributed by atoms with van der Waals surface area (Å²) in [6.07, 6.45) is 4.98. The highest BCUT2D eigenvalue weighted by Gasteiger charge is 2.75. The molecule has 3 aliphatic rings. The number of hydrogen-bond donors (Lipinski definition) is 0. The molecule has 0 N–H and O–H groups in total. The fraction of sp³-hybridized carbons (Fsp3) is 0.500. The van der Waals surface area contributed by atoms with E-state index in [-0.39, 0.29) is 29.9 Å². The van der Waals surface area contributed by atoms with Gasteiger partial charge < -0.3 is 4.74 Å². The van der Waals surface area contributed by atoms with Crippen molar-refractivity contribution in [2.45, 2.75) is 46.1 Å². The van der Waals surface area contributed by atoms with Crippen molar-refractivity contribution in [3.8, 4) is 0 Å². The van der Waals surface area contributed by atoms with Crippen molar-refractivity contribution in [2.24, 2.45) is 16.7 Å². The summed E-state index contributed by atoms with van der Waals surface area (Å²) in [6, 6.07) is 9.08. The van der Waals surface area contributed by atoms with E-state index in [0.717, 1.165) is 25.3 Å². The number of amides is 2. The molecule has 1 aromatic rings. The highest BCUT2D eigenvalue weighted by Crippen LogP contribution is 2.70. The molecule has 1 spiro atoms. The third kappa shape index (κ3) is 2.36. The normalized spacial score (nSPS) is 30.2. The van der Waals surface area contributed by atoms with Gasteiger partial charge >= 0.3 is 5.97 Å². The van der Waals surface area contributed by atoms with Crippen LogP contribution in [0.3, 0.4) is 0 Å².